The van der Waals surface area contributed by atoms with E-state index >= 15 is 0 Å². The molecule has 0 aliphatic carbocycles. The molecule has 3 rings (SSSR count). The molecule has 27 heavy (non-hydrogen) atoms. The second-order valence-corrected chi connectivity index (χ2v) is 8.74. The number of anilines is 1. The first kappa shape index (κ1) is 20.1. The van der Waals surface area contributed by atoms with Crippen LogP contribution in [0, 0.1) is 6.92 Å². The number of aliphatic hydroxyl groups excluding tert-OH is 1. The van der Waals surface area contributed by atoms with Gasteiger partial charge in [0.25, 0.3) is 10.0 Å². The van der Waals surface area contributed by atoms with E-state index in [1.807, 2.05) is 6.92 Å². The fourth-order valence-corrected chi connectivity index (χ4v) is 4.82. The molecule has 2 aromatic rings. The molecular formula is C19H22ClNO5S. The molecule has 146 valence electrons. The molecular weight excluding hydrogens is 390 g/mol. The SMILES string of the molecule is COCO[C@H]1c2cc(Cl)ccc2N(S(=O)(=O)c2ccc(C)cc2)CC[C@H]1O. The number of sulfonamides is 1. The van der Waals surface area contributed by atoms with Crippen LogP contribution >= 0.6 is 11.6 Å². The molecule has 1 aliphatic rings. The topological polar surface area (TPSA) is 76.1 Å². The Balaban J connectivity index is 2.10. The number of hydrogen-bond donors (Lipinski definition) is 1. The molecule has 1 N–H and O–H groups in total. The fourth-order valence-electron chi connectivity index (χ4n) is 3.14. The molecule has 1 heterocycles. The van der Waals surface area contributed by atoms with Crippen molar-refractivity contribution in [3.05, 3.63) is 58.6 Å². The second kappa shape index (κ2) is 8.16. The Morgan fingerprint density at radius 2 is 1.93 bits per heavy atom. The van der Waals surface area contributed by atoms with Crippen molar-refractivity contribution < 1.29 is 23.0 Å². The number of rotatable bonds is 5. The van der Waals surface area contributed by atoms with Crippen LogP contribution in [0.5, 0.6) is 0 Å². The van der Waals surface area contributed by atoms with Crippen molar-refractivity contribution in [3.63, 3.8) is 0 Å². The van der Waals surface area contributed by atoms with Crippen molar-refractivity contribution in [1.29, 1.82) is 0 Å². The molecule has 0 saturated carbocycles. The van der Waals surface area contributed by atoms with Crippen LogP contribution in [-0.2, 0) is 19.5 Å². The van der Waals surface area contributed by atoms with Crippen molar-refractivity contribution in [2.24, 2.45) is 0 Å². The summed E-state index contributed by atoms with van der Waals surface area (Å²) >= 11 is 6.14. The Morgan fingerprint density at radius 3 is 2.59 bits per heavy atom. The average Bonchev–Trinajstić information content (AvgIpc) is 2.76. The van der Waals surface area contributed by atoms with Crippen LogP contribution < -0.4 is 4.31 Å². The maximum atomic E-state index is 13.3. The van der Waals surface area contributed by atoms with Crippen molar-refractivity contribution in [3.8, 4) is 0 Å². The number of benzene rings is 2. The van der Waals surface area contributed by atoms with Gasteiger partial charge in [-0.3, -0.25) is 4.31 Å². The number of fused-ring (bicyclic) bond motifs is 1. The summed E-state index contributed by atoms with van der Waals surface area (Å²) in [4.78, 5) is 0.194. The highest BCUT2D eigenvalue weighted by atomic mass is 35.5. The van der Waals surface area contributed by atoms with Crippen molar-refractivity contribution in [1.82, 2.24) is 0 Å². The summed E-state index contributed by atoms with van der Waals surface area (Å²) in [6.45, 7) is 1.99. The minimum absolute atomic E-state index is 0.0294. The van der Waals surface area contributed by atoms with E-state index in [1.54, 1.807) is 42.5 Å². The number of ether oxygens (including phenoxy) is 2. The molecule has 2 atom stereocenters. The van der Waals surface area contributed by atoms with Crippen molar-refractivity contribution in [2.75, 3.05) is 24.8 Å². The quantitative estimate of drug-likeness (QED) is 0.764. The second-order valence-electron chi connectivity index (χ2n) is 6.44. The molecule has 0 fully saturated rings. The number of halogens is 1. The van der Waals surface area contributed by atoms with Crippen LogP contribution in [0.1, 0.15) is 23.7 Å². The van der Waals surface area contributed by atoms with Crippen LogP contribution in [0.2, 0.25) is 5.02 Å². The van der Waals surface area contributed by atoms with Crippen LogP contribution in [0.3, 0.4) is 0 Å². The molecule has 0 radical (unpaired) electrons. The monoisotopic (exact) mass is 411 g/mol. The van der Waals surface area contributed by atoms with Gasteiger partial charge in [0.2, 0.25) is 0 Å². The van der Waals surface area contributed by atoms with E-state index in [9.17, 15) is 13.5 Å². The molecule has 2 aromatic carbocycles. The number of hydrogen-bond acceptors (Lipinski definition) is 5. The lowest BCUT2D eigenvalue weighted by Gasteiger charge is -2.26. The van der Waals surface area contributed by atoms with E-state index in [0.717, 1.165) is 5.56 Å². The Morgan fingerprint density at radius 1 is 1.22 bits per heavy atom. The molecule has 8 heteroatoms. The van der Waals surface area contributed by atoms with Crippen LogP contribution in [0.25, 0.3) is 0 Å². The largest absolute Gasteiger partial charge is 0.390 e. The third-order valence-electron chi connectivity index (χ3n) is 4.52. The van der Waals surface area contributed by atoms with Gasteiger partial charge in [0.15, 0.2) is 0 Å². The summed E-state index contributed by atoms with van der Waals surface area (Å²) in [5.41, 5.74) is 1.93. The summed E-state index contributed by atoms with van der Waals surface area (Å²) in [5.74, 6) is 0. The van der Waals surface area contributed by atoms with Gasteiger partial charge in [0, 0.05) is 24.2 Å². The Bertz CT molecular complexity index is 901. The van der Waals surface area contributed by atoms with Gasteiger partial charge in [-0.2, -0.15) is 0 Å². The molecule has 0 bridgehead atoms. The first-order chi connectivity index (χ1) is 12.8. The number of aliphatic hydroxyl groups is 1. The first-order valence-corrected chi connectivity index (χ1v) is 10.3. The van der Waals surface area contributed by atoms with Gasteiger partial charge in [-0.25, -0.2) is 8.42 Å². The van der Waals surface area contributed by atoms with Crippen LogP contribution in [-0.4, -0.2) is 40.1 Å². The van der Waals surface area contributed by atoms with E-state index in [0.29, 0.717) is 16.3 Å². The predicted octanol–water partition coefficient (Wildman–Crippen LogP) is 3.27. The predicted molar refractivity (Wildman–Crippen MR) is 103 cm³/mol. The maximum absolute atomic E-state index is 13.3. The standard InChI is InChI=1S/C19H22ClNO5S/c1-13-3-6-15(7-4-13)27(23,24)21-10-9-18(22)19(26-12-25-2)16-11-14(20)5-8-17(16)21/h3-8,11,18-19,22H,9-10,12H2,1-2H3/t18-,19+/m1/s1. The molecule has 0 aromatic heterocycles. The van der Waals surface area contributed by atoms with Gasteiger partial charge >= 0.3 is 0 Å². The van der Waals surface area contributed by atoms with Crippen LogP contribution in [0.15, 0.2) is 47.4 Å². The van der Waals surface area contributed by atoms with Crippen LogP contribution in [0.4, 0.5) is 5.69 Å². The summed E-state index contributed by atoms with van der Waals surface area (Å²) in [6.07, 6.45) is -1.42. The van der Waals surface area contributed by atoms with E-state index in [-0.39, 0.29) is 24.7 Å². The highest BCUT2D eigenvalue weighted by Crippen LogP contribution is 2.39. The summed E-state index contributed by atoms with van der Waals surface area (Å²) < 4.78 is 38.4. The summed E-state index contributed by atoms with van der Waals surface area (Å²) in [7, 11) is -2.32. The smallest absolute Gasteiger partial charge is 0.264 e. The number of nitrogens with zero attached hydrogens (tertiary/aromatic N) is 1. The molecule has 6 nitrogen and oxygen atoms in total. The first-order valence-electron chi connectivity index (χ1n) is 8.52. The van der Waals surface area contributed by atoms with Gasteiger partial charge in [-0.1, -0.05) is 29.3 Å². The third kappa shape index (κ3) is 4.12. The number of aryl methyl sites for hydroxylation is 1. The lowest BCUT2D eigenvalue weighted by molar-refractivity contribution is -0.114. The van der Waals surface area contributed by atoms with Gasteiger partial charge < -0.3 is 14.6 Å². The minimum Gasteiger partial charge on any atom is -0.390 e. The zero-order valence-corrected chi connectivity index (χ0v) is 16.7. The Labute approximate surface area is 164 Å². The number of methoxy groups -OCH3 is 1. The highest BCUT2D eigenvalue weighted by molar-refractivity contribution is 7.92. The average molecular weight is 412 g/mol. The molecule has 0 saturated heterocycles. The molecule has 0 spiro atoms. The zero-order valence-electron chi connectivity index (χ0n) is 15.1. The van der Waals surface area contributed by atoms with E-state index < -0.39 is 22.2 Å². The van der Waals surface area contributed by atoms with Gasteiger partial charge in [0.1, 0.15) is 12.9 Å². The van der Waals surface area contributed by atoms with E-state index in [4.69, 9.17) is 21.1 Å². The lowest BCUT2D eigenvalue weighted by Crippen LogP contribution is -2.32. The highest BCUT2D eigenvalue weighted by Gasteiger charge is 2.35. The van der Waals surface area contributed by atoms with Crippen molar-refractivity contribution in [2.45, 2.75) is 30.4 Å². The molecule has 0 unspecified atom stereocenters. The summed E-state index contributed by atoms with van der Waals surface area (Å²) in [5, 5.41) is 11.0. The fraction of sp³-hybridized carbons (Fsp3) is 0.368. The van der Waals surface area contributed by atoms with E-state index in [2.05, 4.69) is 0 Å². The molecule has 1 aliphatic heterocycles. The third-order valence-corrected chi connectivity index (χ3v) is 6.58. The van der Waals surface area contributed by atoms with Gasteiger partial charge in [-0.05, 0) is 43.7 Å². The van der Waals surface area contributed by atoms with Gasteiger partial charge in [0.05, 0.1) is 16.7 Å². The summed E-state index contributed by atoms with van der Waals surface area (Å²) in [6, 6.07) is 11.6. The Kier molecular flexibility index (Phi) is 6.08. The zero-order chi connectivity index (χ0) is 19.6. The maximum Gasteiger partial charge on any atom is 0.264 e. The van der Waals surface area contributed by atoms with Gasteiger partial charge in [-0.15, -0.1) is 0 Å². The molecule has 0 amide bonds. The minimum atomic E-state index is -3.80. The van der Waals surface area contributed by atoms with E-state index in [1.165, 1.54) is 11.4 Å². The lowest BCUT2D eigenvalue weighted by atomic mass is 10.0. The normalized spacial score (nSPS) is 20.2. The van der Waals surface area contributed by atoms with Crippen molar-refractivity contribution >= 4 is 27.3 Å². The Hall–Kier alpha value is -1.64.